The van der Waals surface area contributed by atoms with Gasteiger partial charge in [-0.2, -0.15) is 0 Å². The van der Waals surface area contributed by atoms with Gasteiger partial charge in [-0.05, 0) is 54.7 Å². The quantitative estimate of drug-likeness (QED) is 0.563. The second-order valence-corrected chi connectivity index (χ2v) is 6.76. The molecule has 0 radical (unpaired) electrons. The van der Waals surface area contributed by atoms with Gasteiger partial charge in [0.05, 0.1) is 10.4 Å². The number of rotatable bonds is 3. The number of aryl methyl sites for hydroxylation is 1. The van der Waals surface area contributed by atoms with E-state index in [0.717, 1.165) is 35.0 Å². The van der Waals surface area contributed by atoms with Gasteiger partial charge in [-0.3, -0.25) is 14.9 Å². The average molecular weight is 364 g/mol. The molecule has 1 N–H and O–H groups in total. The fourth-order valence-electron chi connectivity index (χ4n) is 3.80. The lowest BCUT2D eigenvalue weighted by Gasteiger charge is -2.28. The van der Waals surface area contributed by atoms with Gasteiger partial charge >= 0.3 is 5.97 Å². The predicted molar refractivity (Wildman–Crippen MR) is 100 cm³/mol. The van der Waals surface area contributed by atoms with Crippen molar-refractivity contribution in [2.45, 2.75) is 25.8 Å². The Hall–Kier alpha value is -3.48. The first-order chi connectivity index (χ1) is 12.9. The second kappa shape index (κ2) is 6.05. The first-order valence-electron chi connectivity index (χ1n) is 8.57. The van der Waals surface area contributed by atoms with E-state index in [1.807, 2.05) is 11.5 Å². The SMILES string of the molecule is CC1CCc2c(-c3ccc([N+](=O)[O-])cc3)ccc3c(=O)c(C(=O)O)cn1c23. The van der Waals surface area contributed by atoms with E-state index in [2.05, 4.69) is 0 Å². The molecule has 4 rings (SSSR count). The van der Waals surface area contributed by atoms with Crippen LogP contribution in [0.25, 0.3) is 22.0 Å². The Morgan fingerprint density at radius 3 is 2.56 bits per heavy atom. The molecule has 0 spiro atoms. The molecule has 1 atom stereocenters. The number of hydrogen-bond donors (Lipinski definition) is 1. The Morgan fingerprint density at radius 2 is 1.93 bits per heavy atom. The molecule has 0 saturated heterocycles. The van der Waals surface area contributed by atoms with Crippen molar-refractivity contribution in [2.75, 3.05) is 0 Å². The lowest BCUT2D eigenvalue weighted by atomic mass is 9.89. The number of pyridine rings is 1. The number of nitrogens with zero attached hydrogens (tertiary/aromatic N) is 2. The van der Waals surface area contributed by atoms with Crippen LogP contribution >= 0.6 is 0 Å². The molecule has 0 amide bonds. The Balaban J connectivity index is 2.01. The largest absolute Gasteiger partial charge is 0.477 e. The van der Waals surface area contributed by atoms with Gasteiger partial charge in [0.2, 0.25) is 5.43 Å². The smallest absolute Gasteiger partial charge is 0.341 e. The summed E-state index contributed by atoms with van der Waals surface area (Å²) in [5.74, 6) is -1.23. The van der Waals surface area contributed by atoms with E-state index in [-0.39, 0.29) is 17.3 Å². The van der Waals surface area contributed by atoms with E-state index in [9.17, 15) is 24.8 Å². The molecule has 7 nitrogen and oxygen atoms in total. The van der Waals surface area contributed by atoms with Crippen LogP contribution in [0, 0.1) is 10.1 Å². The number of carbonyl (C=O) groups is 1. The van der Waals surface area contributed by atoms with Crippen LogP contribution < -0.4 is 5.43 Å². The number of carboxylic acids is 1. The molecule has 3 aromatic rings. The topological polar surface area (TPSA) is 102 Å². The number of nitro groups is 1. The van der Waals surface area contributed by atoms with Gasteiger partial charge in [-0.25, -0.2) is 4.79 Å². The number of benzene rings is 2. The standard InChI is InChI=1S/C20H16N2O5/c1-11-2-7-15-14(12-3-5-13(6-4-12)22(26)27)8-9-16-18(15)21(11)10-17(19(16)23)20(24)25/h3-6,8-11H,2,7H2,1H3,(H,24,25). The van der Waals surface area contributed by atoms with E-state index in [0.29, 0.717) is 5.39 Å². The second-order valence-electron chi connectivity index (χ2n) is 6.76. The molecule has 1 aliphatic heterocycles. The maximum Gasteiger partial charge on any atom is 0.341 e. The number of hydrogen-bond acceptors (Lipinski definition) is 4. The fourth-order valence-corrected chi connectivity index (χ4v) is 3.80. The van der Waals surface area contributed by atoms with Crippen molar-refractivity contribution in [2.24, 2.45) is 0 Å². The van der Waals surface area contributed by atoms with E-state index in [1.165, 1.54) is 18.3 Å². The van der Waals surface area contributed by atoms with Crippen LogP contribution in [0.4, 0.5) is 5.69 Å². The van der Waals surface area contributed by atoms with E-state index >= 15 is 0 Å². The van der Waals surface area contributed by atoms with Gasteiger partial charge in [0, 0.05) is 29.8 Å². The number of non-ortho nitro benzene ring substituents is 1. The zero-order chi connectivity index (χ0) is 19.3. The minimum Gasteiger partial charge on any atom is -0.477 e. The minimum absolute atomic E-state index is 0.0183. The van der Waals surface area contributed by atoms with Crippen molar-refractivity contribution < 1.29 is 14.8 Å². The Morgan fingerprint density at radius 1 is 1.22 bits per heavy atom. The summed E-state index contributed by atoms with van der Waals surface area (Å²) in [6.45, 7) is 2.00. The van der Waals surface area contributed by atoms with Crippen LogP contribution in [0.5, 0.6) is 0 Å². The summed E-state index contributed by atoms with van der Waals surface area (Å²) in [6, 6.07) is 9.83. The third kappa shape index (κ3) is 2.59. The first-order valence-corrected chi connectivity index (χ1v) is 8.57. The summed E-state index contributed by atoms with van der Waals surface area (Å²) in [5, 5.41) is 20.6. The lowest BCUT2D eigenvalue weighted by molar-refractivity contribution is -0.384. The zero-order valence-corrected chi connectivity index (χ0v) is 14.5. The van der Waals surface area contributed by atoms with Crippen LogP contribution in [0.1, 0.15) is 35.3 Å². The van der Waals surface area contributed by atoms with Crippen molar-refractivity contribution in [1.82, 2.24) is 4.57 Å². The first kappa shape index (κ1) is 17.0. The van der Waals surface area contributed by atoms with Crippen LogP contribution in [-0.4, -0.2) is 20.6 Å². The van der Waals surface area contributed by atoms with Crippen LogP contribution in [0.3, 0.4) is 0 Å². The monoisotopic (exact) mass is 364 g/mol. The zero-order valence-electron chi connectivity index (χ0n) is 14.5. The van der Waals surface area contributed by atoms with Crippen molar-refractivity contribution in [3.63, 3.8) is 0 Å². The van der Waals surface area contributed by atoms with Gasteiger partial charge in [0.1, 0.15) is 5.56 Å². The van der Waals surface area contributed by atoms with Crippen molar-refractivity contribution in [1.29, 1.82) is 0 Å². The highest BCUT2D eigenvalue weighted by Crippen LogP contribution is 2.36. The highest BCUT2D eigenvalue weighted by Gasteiger charge is 2.24. The number of nitro benzene ring substituents is 1. The van der Waals surface area contributed by atoms with Crippen LogP contribution in [0.15, 0.2) is 47.4 Å². The summed E-state index contributed by atoms with van der Waals surface area (Å²) in [4.78, 5) is 34.5. The molecular formula is C20H16N2O5. The van der Waals surface area contributed by atoms with E-state index in [1.54, 1.807) is 24.3 Å². The maximum absolute atomic E-state index is 12.6. The molecule has 0 aliphatic carbocycles. The van der Waals surface area contributed by atoms with Crippen LogP contribution in [0.2, 0.25) is 0 Å². The van der Waals surface area contributed by atoms with E-state index in [4.69, 9.17) is 0 Å². The molecule has 1 aromatic heterocycles. The Bertz CT molecular complexity index is 1160. The number of carboxylic acid groups (broad SMARTS) is 1. The van der Waals surface area contributed by atoms with Gasteiger partial charge in [0.25, 0.3) is 5.69 Å². The van der Waals surface area contributed by atoms with Gasteiger partial charge in [-0.1, -0.05) is 6.07 Å². The normalized spacial score (nSPS) is 15.7. The molecule has 1 unspecified atom stereocenters. The van der Waals surface area contributed by atoms with Crippen molar-refractivity contribution in [3.8, 4) is 11.1 Å². The fraction of sp³-hybridized carbons (Fsp3) is 0.200. The maximum atomic E-state index is 12.6. The van der Waals surface area contributed by atoms with Gasteiger partial charge in [-0.15, -0.1) is 0 Å². The number of aromatic carboxylic acids is 1. The van der Waals surface area contributed by atoms with Crippen molar-refractivity contribution >= 4 is 22.6 Å². The Kier molecular flexibility index (Phi) is 3.80. The molecule has 0 fully saturated rings. The third-order valence-corrected chi connectivity index (χ3v) is 5.20. The van der Waals surface area contributed by atoms with Crippen molar-refractivity contribution in [3.05, 3.63) is 74.1 Å². The lowest BCUT2D eigenvalue weighted by Crippen LogP contribution is -2.24. The van der Waals surface area contributed by atoms with Gasteiger partial charge < -0.3 is 9.67 Å². The minimum atomic E-state index is -1.23. The highest BCUT2D eigenvalue weighted by molar-refractivity contribution is 5.96. The predicted octanol–water partition coefficient (Wildman–Crippen LogP) is 3.78. The van der Waals surface area contributed by atoms with Gasteiger partial charge in [0.15, 0.2) is 0 Å². The molecule has 1 aliphatic rings. The molecule has 2 heterocycles. The molecule has 0 saturated carbocycles. The molecular weight excluding hydrogens is 348 g/mol. The molecule has 27 heavy (non-hydrogen) atoms. The summed E-state index contributed by atoms with van der Waals surface area (Å²) in [6.07, 6.45) is 2.99. The molecule has 7 heteroatoms. The molecule has 136 valence electrons. The Labute approximate surface area is 153 Å². The van der Waals surface area contributed by atoms with E-state index < -0.39 is 16.3 Å². The molecule has 0 bridgehead atoms. The number of aromatic nitrogens is 1. The summed E-state index contributed by atoms with van der Waals surface area (Å²) < 4.78 is 1.87. The third-order valence-electron chi connectivity index (χ3n) is 5.20. The summed E-state index contributed by atoms with van der Waals surface area (Å²) in [7, 11) is 0. The highest BCUT2D eigenvalue weighted by atomic mass is 16.6. The average Bonchev–Trinajstić information content (AvgIpc) is 2.65. The summed E-state index contributed by atoms with van der Waals surface area (Å²) >= 11 is 0. The molecule has 2 aromatic carbocycles. The van der Waals surface area contributed by atoms with Crippen LogP contribution in [-0.2, 0) is 6.42 Å². The summed E-state index contributed by atoms with van der Waals surface area (Å²) in [5.41, 5.74) is 2.75.